The third kappa shape index (κ3) is 2.97. The van der Waals surface area contributed by atoms with Gasteiger partial charge in [0.05, 0.1) is 51.8 Å². The fraction of sp³-hybridized carbons (Fsp3) is 0.292. The number of nitrogens with zero attached hydrogens (tertiary/aromatic N) is 5. The van der Waals surface area contributed by atoms with Gasteiger partial charge < -0.3 is 15.5 Å². The molecule has 3 aliphatic heterocycles. The third-order valence-electron chi connectivity index (χ3n) is 6.98. The number of hydrogen-bond donors (Lipinski definition) is 2. The standard InChI is InChI=1S/C24H20FN7O2/c25-15-3-1-2-14(11-26)20(15)16-10-18(21-17(29-16)12-28-22(21)33)32-8-4-19(30-32)31-9-6-24(13-31)5-7-27-23(24)34/h1-4,8,10H,5-7,9,12-13H2,(H,27,34)(H,28,33). The number of nitriles is 1. The quantitative estimate of drug-likeness (QED) is 0.621. The highest BCUT2D eigenvalue weighted by molar-refractivity contribution is 6.01. The molecule has 10 heteroatoms. The molecule has 3 aliphatic rings. The predicted octanol–water partition coefficient (Wildman–Crippen LogP) is 1.90. The normalized spacial score (nSPS) is 21.0. The van der Waals surface area contributed by atoms with E-state index in [0.29, 0.717) is 42.4 Å². The van der Waals surface area contributed by atoms with Crippen LogP contribution in [0.5, 0.6) is 0 Å². The lowest BCUT2D eigenvalue weighted by atomic mass is 9.86. The van der Waals surface area contributed by atoms with Crippen LogP contribution < -0.4 is 15.5 Å². The van der Waals surface area contributed by atoms with Crippen molar-refractivity contribution in [3.8, 4) is 23.0 Å². The van der Waals surface area contributed by atoms with Crippen molar-refractivity contribution in [3.63, 3.8) is 0 Å². The van der Waals surface area contributed by atoms with Crippen molar-refractivity contribution in [3.05, 3.63) is 59.2 Å². The fourth-order valence-corrected chi connectivity index (χ4v) is 5.19. The molecule has 34 heavy (non-hydrogen) atoms. The van der Waals surface area contributed by atoms with Gasteiger partial charge in [0, 0.05) is 31.9 Å². The first kappa shape index (κ1) is 20.4. The SMILES string of the molecule is N#Cc1cccc(F)c1-c1cc(-n2ccc(N3CCC4(CCNC4=O)C3)n2)c2c(n1)CNC2=O. The van der Waals surface area contributed by atoms with Gasteiger partial charge in [-0.25, -0.2) is 14.1 Å². The summed E-state index contributed by atoms with van der Waals surface area (Å²) >= 11 is 0. The number of rotatable bonds is 3. The highest BCUT2D eigenvalue weighted by Crippen LogP contribution is 2.39. The molecule has 2 saturated heterocycles. The number of pyridine rings is 1. The number of hydrogen-bond acceptors (Lipinski definition) is 6. The lowest BCUT2D eigenvalue weighted by Gasteiger charge is -2.20. The Bertz CT molecular complexity index is 1410. The lowest BCUT2D eigenvalue weighted by molar-refractivity contribution is -0.126. The molecular formula is C24H20FN7O2. The zero-order valence-corrected chi connectivity index (χ0v) is 18.1. The fourth-order valence-electron chi connectivity index (χ4n) is 5.19. The first-order chi connectivity index (χ1) is 16.5. The summed E-state index contributed by atoms with van der Waals surface area (Å²) in [5, 5.41) is 19.9. The highest BCUT2D eigenvalue weighted by atomic mass is 19.1. The molecule has 170 valence electrons. The van der Waals surface area contributed by atoms with Gasteiger partial charge in [-0.15, -0.1) is 0 Å². The van der Waals surface area contributed by atoms with E-state index in [1.54, 1.807) is 16.9 Å². The number of amides is 2. The van der Waals surface area contributed by atoms with Crippen LogP contribution in [0.25, 0.3) is 16.9 Å². The van der Waals surface area contributed by atoms with Crippen LogP contribution in [0.1, 0.15) is 34.5 Å². The number of carbonyl (C=O) groups excluding carboxylic acids is 2. The Morgan fingerprint density at radius 1 is 1.15 bits per heavy atom. The molecule has 2 amide bonds. The second-order valence-electron chi connectivity index (χ2n) is 8.88. The predicted molar refractivity (Wildman–Crippen MR) is 120 cm³/mol. The Morgan fingerprint density at radius 2 is 2.03 bits per heavy atom. The van der Waals surface area contributed by atoms with Gasteiger partial charge in [0.25, 0.3) is 5.91 Å². The summed E-state index contributed by atoms with van der Waals surface area (Å²) in [6.45, 7) is 2.22. The summed E-state index contributed by atoms with van der Waals surface area (Å²) in [4.78, 5) is 31.5. The van der Waals surface area contributed by atoms with E-state index in [0.717, 1.165) is 12.8 Å². The number of nitrogens with one attached hydrogen (secondary N) is 2. The van der Waals surface area contributed by atoms with E-state index < -0.39 is 5.82 Å². The molecule has 1 atom stereocenters. The van der Waals surface area contributed by atoms with E-state index in [9.17, 15) is 19.2 Å². The molecule has 5 heterocycles. The molecule has 9 nitrogen and oxygen atoms in total. The largest absolute Gasteiger partial charge is 0.356 e. The van der Waals surface area contributed by atoms with Crippen LogP contribution in [0.2, 0.25) is 0 Å². The number of benzene rings is 1. The van der Waals surface area contributed by atoms with Crippen molar-refractivity contribution < 1.29 is 14.0 Å². The number of aromatic nitrogens is 3. The second kappa shape index (κ2) is 7.38. The molecule has 2 fully saturated rings. The van der Waals surface area contributed by atoms with E-state index in [1.165, 1.54) is 18.2 Å². The second-order valence-corrected chi connectivity index (χ2v) is 8.88. The van der Waals surface area contributed by atoms with E-state index in [4.69, 9.17) is 5.10 Å². The lowest BCUT2D eigenvalue weighted by Crippen LogP contribution is -2.34. The van der Waals surface area contributed by atoms with Crippen molar-refractivity contribution in [2.75, 3.05) is 24.5 Å². The van der Waals surface area contributed by atoms with Crippen LogP contribution in [0.3, 0.4) is 0 Å². The Kier molecular flexibility index (Phi) is 4.42. The van der Waals surface area contributed by atoms with Crippen molar-refractivity contribution in [1.29, 1.82) is 5.26 Å². The van der Waals surface area contributed by atoms with E-state index in [1.807, 2.05) is 12.1 Å². The monoisotopic (exact) mass is 457 g/mol. The van der Waals surface area contributed by atoms with E-state index in [-0.39, 0.29) is 40.6 Å². The Balaban J connectivity index is 1.42. The summed E-state index contributed by atoms with van der Waals surface area (Å²) < 4.78 is 16.3. The van der Waals surface area contributed by atoms with Gasteiger partial charge in [-0.05, 0) is 31.0 Å². The zero-order valence-electron chi connectivity index (χ0n) is 18.1. The number of carbonyl (C=O) groups is 2. The van der Waals surface area contributed by atoms with Crippen molar-refractivity contribution >= 4 is 17.6 Å². The molecule has 2 N–H and O–H groups in total. The molecule has 2 aromatic heterocycles. The molecule has 3 aromatic rings. The van der Waals surface area contributed by atoms with Crippen LogP contribution in [0.4, 0.5) is 10.2 Å². The van der Waals surface area contributed by atoms with Crippen molar-refractivity contribution in [2.45, 2.75) is 19.4 Å². The van der Waals surface area contributed by atoms with Gasteiger partial charge in [-0.1, -0.05) is 6.07 Å². The zero-order chi connectivity index (χ0) is 23.4. The molecule has 0 bridgehead atoms. The summed E-state index contributed by atoms with van der Waals surface area (Å²) in [7, 11) is 0. The van der Waals surface area contributed by atoms with E-state index in [2.05, 4.69) is 20.5 Å². The maximum Gasteiger partial charge on any atom is 0.255 e. The first-order valence-electron chi connectivity index (χ1n) is 11.1. The minimum Gasteiger partial charge on any atom is -0.356 e. The Hall–Kier alpha value is -4.26. The molecule has 6 rings (SSSR count). The summed E-state index contributed by atoms with van der Waals surface area (Å²) in [5.74, 6) is -0.0439. The Morgan fingerprint density at radius 3 is 2.82 bits per heavy atom. The van der Waals surface area contributed by atoms with Crippen molar-refractivity contribution in [1.82, 2.24) is 25.4 Å². The summed E-state index contributed by atoms with van der Waals surface area (Å²) in [6, 6.07) is 9.74. The maximum absolute atomic E-state index is 14.7. The van der Waals surface area contributed by atoms with Crippen LogP contribution in [0, 0.1) is 22.6 Å². The molecular weight excluding hydrogens is 437 g/mol. The molecule has 0 aliphatic carbocycles. The molecule has 1 unspecified atom stereocenters. The average Bonchev–Trinajstić information content (AvgIpc) is 3.62. The van der Waals surface area contributed by atoms with Gasteiger partial charge in [0.15, 0.2) is 5.82 Å². The van der Waals surface area contributed by atoms with Gasteiger partial charge in [-0.2, -0.15) is 10.4 Å². The molecule has 0 radical (unpaired) electrons. The van der Waals surface area contributed by atoms with Gasteiger partial charge in [0.1, 0.15) is 5.82 Å². The van der Waals surface area contributed by atoms with Gasteiger partial charge in [-0.3, -0.25) is 9.59 Å². The number of halogens is 1. The minimum atomic E-state index is -0.562. The molecule has 0 saturated carbocycles. The third-order valence-corrected chi connectivity index (χ3v) is 6.98. The van der Waals surface area contributed by atoms with Crippen molar-refractivity contribution in [2.24, 2.45) is 5.41 Å². The average molecular weight is 457 g/mol. The van der Waals surface area contributed by atoms with Crippen LogP contribution in [-0.2, 0) is 11.3 Å². The van der Waals surface area contributed by atoms with E-state index >= 15 is 0 Å². The van der Waals surface area contributed by atoms with Crippen LogP contribution >= 0.6 is 0 Å². The Labute approximate surface area is 194 Å². The number of anilines is 1. The topological polar surface area (TPSA) is 116 Å². The first-order valence-corrected chi connectivity index (χ1v) is 11.1. The van der Waals surface area contributed by atoms with Gasteiger partial charge >= 0.3 is 0 Å². The summed E-state index contributed by atoms with van der Waals surface area (Å²) in [5.41, 5.74) is 1.46. The molecule has 1 aromatic carbocycles. The maximum atomic E-state index is 14.7. The van der Waals surface area contributed by atoms with Crippen LogP contribution in [-0.4, -0.2) is 46.2 Å². The molecule has 1 spiro atoms. The minimum absolute atomic E-state index is 0.0921. The smallest absolute Gasteiger partial charge is 0.255 e. The highest BCUT2D eigenvalue weighted by Gasteiger charge is 2.47. The number of fused-ring (bicyclic) bond motifs is 1. The summed E-state index contributed by atoms with van der Waals surface area (Å²) in [6.07, 6.45) is 3.33. The van der Waals surface area contributed by atoms with Crippen LogP contribution in [0.15, 0.2) is 36.5 Å². The van der Waals surface area contributed by atoms with Gasteiger partial charge in [0.2, 0.25) is 5.91 Å².